The van der Waals surface area contributed by atoms with Gasteiger partial charge in [0.15, 0.2) is 5.82 Å². The maximum atomic E-state index is 6.35. The summed E-state index contributed by atoms with van der Waals surface area (Å²) >= 11 is 3.51. The number of fused-ring (bicyclic) bond motifs is 3. The average Bonchev–Trinajstić information content (AvgIpc) is 3.39. The fourth-order valence-electron chi connectivity index (χ4n) is 3.79. The van der Waals surface area contributed by atoms with E-state index in [4.69, 9.17) is 20.4 Å². The van der Waals surface area contributed by atoms with Gasteiger partial charge in [0.25, 0.3) is 0 Å². The fraction of sp³-hybridized carbons (Fsp3) is 0.318. The fourth-order valence-corrected chi connectivity index (χ4v) is 5.84. The third-order valence-corrected chi connectivity index (χ3v) is 7.28. The number of nitrogens with two attached hydrogens (primary N) is 1. The zero-order chi connectivity index (χ0) is 19.6. The second-order valence-electron chi connectivity index (χ2n) is 7.33. The molecule has 0 saturated heterocycles. The zero-order valence-corrected chi connectivity index (χ0v) is 17.6. The molecule has 0 amide bonds. The van der Waals surface area contributed by atoms with Crippen molar-refractivity contribution in [1.82, 2.24) is 15.0 Å². The van der Waals surface area contributed by atoms with Crippen molar-refractivity contribution >= 4 is 32.9 Å². The first kappa shape index (κ1) is 18.7. The smallest absolute Gasteiger partial charge is 0.226 e. The first-order chi connectivity index (χ1) is 14.3. The molecule has 4 aromatic heterocycles. The standard InChI is InChI=1S/C22H22N4OS2/c23-15(12-16-4-3-11-28-16)13-27-21-19-17-5-1-2-6-18(17)29-22(19)26-20(25-21)14-7-9-24-10-8-14/h3-4,7-11,15H,1-2,5-6,12-13,23H2. The largest absolute Gasteiger partial charge is 0.475 e. The number of hydrogen-bond acceptors (Lipinski definition) is 7. The third kappa shape index (κ3) is 3.90. The number of hydrogen-bond donors (Lipinski definition) is 1. The van der Waals surface area contributed by atoms with Crippen LogP contribution in [0.4, 0.5) is 0 Å². The summed E-state index contributed by atoms with van der Waals surface area (Å²) in [4.78, 5) is 17.5. The van der Waals surface area contributed by atoms with Gasteiger partial charge in [-0.1, -0.05) is 6.07 Å². The SMILES string of the molecule is NC(COc1nc(-c2ccncc2)nc2sc3c(c12)CCCC3)Cc1cccs1. The van der Waals surface area contributed by atoms with Gasteiger partial charge < -0.3 is 10.5 Å². The highest BCUT2D eigenvalue weighted by Gasteiger charge is 2.23. The average molecular weight is 423 g/mol. The van der Waals surface area contributed by atoms with Crippen LogP contribution in [0.25, 0.3) is 21.6 Å². The molecule has 4 aromatic rings. The summed E-state index contributed by atoms with van der Waals surface area (Å²) in [6.45, 7) is 0.435. The highest BCUT2D eigenvalue weighted by Crippen LogP contribution is 2.40. The molecule has 5 nitrogen and oxygen atoms in total. The summed E-state index contributed by atoms with van der Waals surface area (Å²) in [7, 11) is 0. The zero-order valence-electron chi connectivity index (χ0n) is 16.0. The second kappa shape index (κ2) is 8.18. The Hall–Kier alpha value is -2.35. The highest BCUT2D eigenvalue weighted by molar-refractivity contribution is 7.18. The van der Waals surface area contributed by atoms with Crippen LogP contribution < -0.4 is 10.5 Å². The lowest BCUT2D eigenvalue weighted by Gasteiger charge is -2.15. The van der Waals surface area contributed by atoms with Crippen molar-refractivity contribution in [3.05, 3.63) is 57.4 Å². The number of rotatable bonds is 6. The van der Waals surface area contributed by atoms with E-state index in [-0.39, 0.29) is 6.04 Å². The van der Waals surface area contributed by atoms with Gasteiger partial charge in [-0.25, -0.2) is 4.98 Å². The minimum absolute atomic E-state index is 0.0718. The summed E-state index contributed by atoms with van der Waals surface area (Å²) in [6.07, 6.45) is 8.99. The Bertz CT molecular complexity index is 1110. The Morgan fingerprint density at radius 2 is 1.97 bits per heavy atom. The van der Waals surface area contributed by atoms with E-state index in [0.717, 1.165) is 35.0 Å². The monoisotopic (exact) mass is 422 g/mol. The molecule has 29 heavy (non-hydrogen) atoms. The lowest BCUT2D eigenvalue weighted by atomic mass is 9.97. The molecule has 0 radical (unpaired) electrons. The van der Waals surface area contributed by atoms with E-state index in [2.05, 4.69) is 22.5 Å². The number of pyridine rings is 1. The molecular weight excluding hydrogens is 400 g/mol. The molecule has 5 rings (SSSR count). The molecule has 1 aliphatic carbocycles. The Kier molecular flexibility index (Phi) is 5.26. The minimum Gasteiger partial charge on any atom is -0.475 e. The summed E-state index contributed by atoms with van der Waals surface area (Å²) in [5.41, 5.74) is 8.67. The molecule has 1 unspecified atom stereocenters. The van der Waals surface area contributed by atoms with Crippen LogP contribution in [0.5, 0.6) is 5.88 Å². The Morgan fingerprint density at radius 1 is 1.10 bits per heavy atom. The van der Waals surface area contributed by atoms with E-state index in [1.165, 1.54) is 28.2 Å². The van der Waals surface area contributed by atoms with E-state index in [0.29, 0.717) is 18.3 Å². The summed E-state index contributed by atoms with van der Waals surface area (Å²) in [5, 5.41) is 3.17. The van der Waals surface area contributed by atoms with Crippen LogP contribution in [0.1, 0.15) is 28.2 Å². The van der Waals surface area contributed by atoms with Crippen LogP contribution in [0.3, 0.4) is 0 Å². The van der Waals surface area contributed by atoms with Gasteiger partial charge in [-0.3, -0.25) is 4.98 Å². The van der Waals surface area contributed by atoms with Crippen molar-refractivity contribution in [1.29, 1.82) is 0 Å². The second-order valence-corrected chi connectivity index (χ2v) is 9.45. The maximum absolute atomic E-state index is 6.35. The molecule has 1 atom stereocenters. The number of aromatic nitrogens is 3. The molecule has 0 bridgehead atoms. The number of aryl methyl sites for hydroxylation is 2. The van der Waals surface area contributed by atoms with Crippen molar-refractivity contribution in [2.45, 2.75) is 38.1 Å². The first-order valence-corrected chi connectivity index (χ1v) is 11.6. The normalized spacial score (nSPS) is 14.7. The summed E-state index contributed by atoms with van der Waals surface area (Å²) < 4.78 is 6.24. The van der Waals surface area contributed by atoms with E-state index in [9.17, 15) is 0 Å². The van der Waals surface area contributed by atoms with Crippen LogP contribution in [-0.2, 0) is 19.3 Å². The topological polar surface area (TPSA) is 73.9 Å². The molecule has 148 valence electrons. The van der Waals surface area contributed by atoms with E-state index < -0.39 is 0 Å². The molecule has 7 heteroatoms. The predicted octanol–water partition coefficient (Wildman–Crippen LogP) is 4.64. The molecule has 1 aliphatic rings. The van der Waals surface area contributed by atoms with Gasteiger partial charge in [-0.2, -0.15) is 4.98 Å². The van der Waals surface area contributed by atoms with Gasteiger partial charge in [-0.05, 0) is 54.8 Å². The van der Waals surface area contributed by atoms with Crippen LogP contribution in [0.2, 0.25) is 0 Å². The van der Waals surface area contributed by atoms with Gasteiger partial charge in [-0.15, -0.1) is 22.7 Å². The van der Waals surface area contributed by atoms with Crippen molar-refractivity contribution < 1.29 is 4.74 Å². The van der Waals surface area contributed by atoms with Gasteiger partial charge in [0, 0.05) is 40.2 Å². The van der Waals surface area contributed by atoms with Crippen LogP contribution in [0, 0.1) is 0 Å². The number of nitrogens with zero attached hydrogens (tertiary/aromatic N) is 3. The number of ether oxygens (including phenoxy) is 1. The molecule has 0 aromatic carbocycles. The maximum Gasteiger partial charge on any atom is 0.226 e. The van der Waals surface area contributed by atoms with Gasteiger partial charge in [0.1, 0.15) is 11.4 Å². The lowest BCUT2D eigenvalue weighted by Crippen LogP contribution is -2.30. The van der Waals surface area contributed by atoms with Gasteiger partial charge in [0.05, 0.1) is 5.39 Å². The third-order valence-electron chi connectivity index (χ3n) is 5.20. The molecular formula is C22H22N4OS2. The molecule has 0 saturated carbocycles. The van der Waals surface area contributed by atoms with Gasteiger partial charge >= 0.3 is 0 Å². The van der Waals surface area contributed by atoms with E-state index in [1.54, 1.807) is 35.1 Å². The van der Waals surface area contributed by atoms with Crippen LogP contribution >= 0.6 is 22.7 Å². The molecule has 0 fully saturated rings. The first-order valence-electron chi connectivity index (χ1n) is 9.91. The molecule has 0 aliphatic heterocycles. The molecule has 2 N–H and O–H groups in total. The Balaban J connectivity index is 1.50. The van der Waals surface area contributed by atoms with E-state index >= 15 is 0 Å². The summed E-state index contributed by atoms with van der Waals surface area (Å²) in [5.74, 6) is 1.35. The lowest BCUT2D eigenvalue weighted by molar-refractivity contribution is 0.281. The summed E-state index contributed by atoms with van der Waals surface area (Å²) in [6, 6.07) is 7.96. The number of thiophene rings is 2. The van der Waals surface area contributed by atoms with Crippen LogP contribution in [0.15, 0.2) is 42.0 Å². The van der Waals surface area contributed by atoms with Crippen molar-refractivity contribution in [2.75, 3.05) is 6.61 Å². The Labute approximate surface area is 177 Å². The highest BCUT2D eigenvalue weighted by atomic mass is 32.1. The van der Waals surface area contributed by atoms with Crippen molar-refractivity contribution in [2.24, 2.45) is 5.73 Å². The molecule has 0 spiro atoms. The van der Waals surface area contributed by atoms with Crippen LogP contribution in [-0.4, -0.2) is 27.6 Å². The van der Waals surface area contributed by atoms with E-state index in [1.807, 2.05) is 12.1 Å². The minimum atomic E-state index is -0.0718. The molecule has 4 heterocycles. The Morgan fingerprint density at radius 3 is 2.79 bits per heavy atom. The van der Waals surface area contributed by atoms with Crippen molar-refractivity contribution in [3.8, 4) is 17.3 Å². The van der Waals surface area contributed by atoms with Crippen molar-refractivity contribution in [3.63, 3.8) is 0 Å². The quantitative estimate of drug-likeness (QED) is 0.490. The predicted molar refractivity (Wildman–Crippen MR) is 119 cm³/mol. The van der Waals surface area contributed by atoms with Gasteiger partial charge in [0.2, 0.25) is 5.88 Å².